The largest absolute Gasteiger partial charge is 0.484 e. The molecule has 0 aromatic heterocycles. The Bertz CT molecular complexity index is 569. The summed E-state index contributed by atoms with van der Waals surface area (Å²) in [6.45, 7) is 0.774. The van der Waals surface area contributed by atoms with Crippen LogP contribution in [0.1, 0.15) is 24.0 Å². The molecule has 1 aromatic rings. The van der Waals surface area contributed by atoms with Crippen molar-refractivity contribution in [2.75, 3.05) is 19.7 Å². The average molecular weight is 289 g/mol. The van der Waals surface area contributed by atoms with Crippen molar-refractivity contribution in [2.24, 2.45) is 5.92 Å². The minimum absolute atomic E-state index is 0.0227. The van der Waals surface area contributed by atoms with Crippen LogP contribution in [0.3, 0.4) is 0 Å². The molecule has 1 fully saturated rings. The molecule has 3 rings (SSSR count). The summed E-state index contributed by atoms with van der Waals surface area (Å²) < 4.78 is 5.56. The fourth-order valence-corrected chi connectivity index (χ4v) is 3.06. The molecule has 0 spiro atoms. The van der Waals surface area contributed by atoms with E-state index in [1.165, 1.54) is 17.5 Å². The molecule has 0 bridgehead atoms. The zero-order chi connectivity index (χ0) is 14.8. The van der Waals surface area contributed by atoms with Gasteiger partial charge in [0.15, 0.2) is 6.61 Å². The predicted octanol–water partition coefficient (Wildman–Crippen LogP) is 1.49. The summed E-state index contributed by atoms with van der Waals surface area (Å²) in [6, 6.07) is 5.99. The first kappa shape index (κ1) is 13.9. The topological polar surface area (TPSA) is 66.8 Å². The number of aliphatic carboxylic acids is 1. The summed E-state index contributed by atoms with van der Waals surface area (Å²) >= 11 is 0. The van der Waals surface area contributed by atoms with E-state index in [2.05, 4.69) is 6.07 Å². The van der Waals surface area contributed by atoms with Gasteiger partial charge in [-0.05, 0) is 48.9 Å². The first-order valence-corrected chi connectivity index (χ1v) is 7.38. The number of carbonyl (C=O) groups is 2. The van der Waals surface area contributed by atoms with E-state index in [4.69, 9.17) is 9.84 Å². The van der Waals surface area contributed by atoms with Crippen molar-refractivity contribution in [1.82, 2.24) is 4.90 Å². The molecule has 1 N–H and O–H groups in total. The number of nitrogens with zero attached hydrogens (tertiary/aromatic N) is 1. The molecule has 1 aliphatic carbocycles. The molecule has 0 saturated carbocycles. The Balaban J connectivity index is 1.53. The standard InChI is InChI=1S/C16H19NO4/c18-15(17-7-6-13(9-17)16(19)20)10-21-14-5-4-11-2-1-3-12(11)8-14/h4-5,8,13H,1-3,6-7,9-10H2,(H,19,20)/t13-/m1/s1. The van der Waals surface area contributed by atoms with Crippen molar-refractivity contribution in [2.45, 2.75) is 25.7 Å². The van der Waals surface area contributed by atoms with Gasteiger partial charge in [0.2, 0.25) is 0 Å². The zero-order valence-electron chi connectivity index (χ0n) is 11.9. The summed E-state index contributed by atoms with van der Waals surface area (Å²) in [5.74, 6) is -0.684. The van der Waals surface area contributed by atoms with Crippen LogP contribution >= 0.6 is 0 Å². The van der Waals surface area contributed by atoms with Crippen molar-refractivity contribution in [3.63, 3.8) is 0 Å². The Hall–Kier alpha value is -2.04. The summed E-state index contributed by atoms with van der Waals surface area (Å²) in [6.07, 6.45) is 3.91. The molecule has 0 radical (unpaired) electrons. The van der Waals surface area contributed by atoms with Crippen LogP contribution in [-0.4, -0.2) is 41.6 Å². The smallest absolute Gasteiger partial charge is 0.308 e. The third-order valence-corrected chi connectivity index (χ3v) is 4.32. The zero-order valence-corrected chi connectivity index (χ0v) is 11.9. The fourth-order valence-electron chi connectivity index (χ4n) is 3.06. The number of benzene rings is 1. The van der Waals surface area contributed by atoms with Crippen LogP contribution in [0, 0.1) is 5.92 Å². The van der Waals surface area contributed by atoms with Gasteiger partial charge in [0.05, 0.1) is 5.92 Å². The van der Waals surface area contributed by atoms with E-state index < -0.39 is 11.9 Å². The van der Waals surface area contributed by atoms with E-state index in [1.54, 1.807) is 4.90 Å². The normalized spacial score (nSPS) is 20.4. The predicted molar refractivity (Wildman–Crippen MR) is 76.3 cm³/mol. The van der Waals surface area contributed by atoms with Crippen LogP contribution in [0.2, 0.25) is 0 Å². The number of rotatable bonds is 4. The molecule has 112 valence electrons. The molecule has 1 aromatic carbocycles. The van der Waals surface area contributed by atoms with Crippen LogP contribution in [-0.2, 0) is 22.4 Å². The number of carboxylic acids is 1. The first-order chi connectivity index (χ1) is 10.1. The van der Waals surface area contributed by atoms with Gasteiger partial charge in [-0.1, -0.05) is 6.07 Å². The van der Waals surface area contributed by atoms with E-state index in [-0.39, 0.29) is 12.5 Å². The maximum Gasteiger partial charge on any atom is 0.308 e. The average Bonchev–Trinajstić information content (AvgIpc) is 3.12. The lowest BCUT2D eigenvalue weighted by molar-refractivity contribution is -0.141. The molecule has 0 unspecified atom stereocenters. The number of fused-ring (bicyclic) bond motifs is 1. The number of hydrogen-bond donors (Lipinski definition) is 1. The SMILES string of the molecule is O=C(O)[C@@H]1CCN(C(=O)COc2ccc3c(c2)CCC3)C1. The van der Waals surface area contributed by atoms with Crippen molar-refractivity contribution in [1.29, 1.82) is 0 Å². The lowest BCUT2D eigenvalue weighted by Crippen LogP contribution is -2.33. The minimum Gasteiger partial charge on any atom is -0.484 e. The van der Waals surface area contributed by atoms with E-state index in [1.807, 2.05) is 12.1 Å². The van der Waals surface area contributed by atoms with Crippen LogP contribution in [0.4, 0.5) is 0 Å². The van der Waals surface area contributed by atoms with Gasteiger partial charge in [0.25, 0.3) is 5.91 Å². The van der Waals surface area contributed by atoms with Gasteiger partial charge in [0.1, 0.15) is 5.75 Å². The van der Waals surface area contributed by atoms with E-state index in [9.17, 15) is 9.59 Å². The Morgan fingerprint density at radius 1 is 1.29 bits per heavy atom. The van der Waals surface area contributed by atoms with Crippen molar-refractivity contribution in [3.05, 3.63) is 29.3 Å². The lowest BCUT2D eigenvalue weighted by atomic mass is 10.1. The maximum absolute atomic E-state index is 12.0. The van der Waals surface area contributed by atoms with E-state index >= 15 is 0 Å². The van der Waals surface area contributed by atoms with Gasteiger partial charge in [0, 0.05) is 13.1 Å². The molecule has 1 saturated heterocycles. The van der Waals surface area contributed by atoms with Crippen molar-refractivity contribution >= 4 is 11.9 Å². The highest BCUT2D eigenvalue weighted by atomic mass is 16.5. The molecule has 21 heavy (non-hydrogen) atoms. The molecular formula is C16H19NO4. The quantitative estimate of drug-likeness (QED) is 0.912. The van der Waals surface area contributed by atoms with E-state index in [0.29, 0.717) is 19.5 Å². The summed E-state index contributed by atoms with van der Waals surface area (Å²) in [5, 5.41) is 8.94. The Morgan fingerprint density at radius 2 is 2.10 bits per heavy atom. The minimum atomic E-state index is -0.829. The number of carbonyl (C=O) groups excluding carboxylic acids is 1. The number of hydrogen-bond acceptors (Lipinski definition) is 3. The third-order valence-electron chi connectivity index (χ3n) is 4.32. The van der Waals surface area contributed by atoms with Gasteiger partial charge in [-0.3, -0.25) is 9.59 Å². The second-order valence-electron chi connectivity index (χ2n) is 5.74. The van der Waals surface area contributed by atoms with Crippen LogP contribution < -0.4 is 4.74 Å². The van der Waals surface area contributed by atoms with Gasteiger partial charge >= 0.3 is 5.97 Å². The lowest BCUT2D eigenvalue weighted by Gasteiger charge is -2.16. The molecular weight excluding hydrogens is 270 g/mol. The van der Waals surface area contributed by atoms with Crippen molar-refractivity contribution in [3.8, 4) is 5.75 Å². The van der Waals surface area contributed by atoms with Crippen LogP contribution in [0.25, 0.3) is 0 Å². The Morgan fingerprint density at radius 3 is 2.86 bits per heavy atom. The molecule has 2 aliphatic rings. The van der Waals surface area contributed by atoms with Crippen molar-refractivity contribution < 1.29 is 19.4 Å². The fraction of sp³-hybridized carbons (Fsp3) is 0.500. The second-order valence-corrected chi connectivity index (χ2v) is 5.74. The summed E-state index contributed by atoms with van der Waals surface area (Å²) in [7, 11) is 0. The number of ether oxygens (including phenoxy) is 1. The molecule has 1 aliphatic heterocycles. The number of carboxylic acid groups (broad SMARTS) is 1. The third kappa shape index (κ3) is 3.01. The van der Waals surface area contributed by atoms with Gasteiger partial charge in [-0.2, -0.15) is 0 Å². The summed E-state index contributed by atoms with van der Waals surface area (Å²) in [5.41, 5.74) is 2.68. The second kappa shape index (κ2) is 5.76. The number of likely N-dealkylation sites (tertiary alicyclic amines) is 1. The van der Waals surface area contributed by atoms with Gasteiger partial charge in [-0.25, -0.2) is 0 Å². The summed E-state index contributed by atoms with van der Waals surface area (Å²) in [4.78, 5) is 24.5. The van der Waals surface area contributed by atoms with E-state index in [0.717, 1.165) is 18.6 Å². The molecule has 5 nitrogen and oxygen atoms in total. The number of aryl methyl sites for hydroxylation is 2. The molecule has 1 heterocycles. The Kier molecular flexibility index (Phi) is 3.82. The van der Waals surface area contributed by atoms with Gasteiger partial charge in [-0.15, -0.1) is 0 Å². The number of amides is 1. The maximum atomic E-state index is 12.0. The highest BCUT2D eigenvalue weighted by Crippen LogP contribution is 2.26. The monoisotopic (exact) mass is 289 g/mol. The Labute approximate surface area is 123 Å². The molecule has 1 amide bonds. The van der Waals surface area contributed by atoms with Crippen LogP contribution in [0.5, 0.6) is 5.75 Å². The molecule has 1 atom stereocenters. The first-order valence-electron chi connectivity index (χ1n) is 7.38. The highest BCUT2D eigenvalue weighted by molar-refractivity contribution is 5.80. The van der Waals surface area contributed by atoms with Crippen LogP contribution in [0.15, 0.2) is 18.2 Å². The highest BCUT2D eigenvalue weighted by Gasteiger charge is 2.30. The van der Waals surface area contributed by atoms with Gasteiger partial charge < -0.3 is 14.7 Å². The molecule has 5 heteroatoms.